The van der Waals surface area contributed by atoms with E-state index in [1.54, 1.807) is 7.11 Å². The number of hydrogen-bond donors (Lipinski definition) is 0. The summed E-state index contributed by atoms with van der Waals surface area (Å²) in [7, 11) is 1.77. The Kier molecular flexibility index (Phi) is 4.63. The van der Waals surface area contributed by atoms with Crippen LogP contribution in [0.4, 0.5) is 5.82 Å². The molecule has 0 spiro atoms. The highest BCUT2D eigenvalue weighted by Gasteiger charge is 2.41. The van der Waals surface area contributed by atoms with Crippen LogP contribution in [0.15, 0.2) is 6.07 Å². The van der Waals surface area contributed by atoms with Gasteiger partial charge in [0.1, 0.15) is 16.8 Å². The molecule has 0 aliphatic carbocycles. The van der Waals surface area contributed by atoms with E-state index >= 15 is 0 Å². The summed E-state index contributed by atoms with van der Waals surface area (Å²) in [6.45, 7) is 5.84. The third-order valence-corrected chi connectivity index (χ3v) is 3.99. The molecule has 0 radical (unpaired) electrons. The van der Waals surface area contributed by atoms with E-state index in [1.165, 1.54) is 6.42 Å². The minimum absolute atomic E-state index is 0.0631. The Labute approximate surface area is 120 Å². The third kappa shape index (κ3) is 3.00. The largest absolute Gasteiger partial charge is 0.382 e. The molecule has 0 N–H and O–H groups in total. The van der Waals surface area contributed by atoms with Gasteiger partial charge in [-0.25, -0.2) is 9.97 Å². The highest BCUT2D eigenvalue weighted by molar-refractivity contribution is 6.29. The molecule has 1 unspecified atom stereocenters. The Morgan fingerprint density at radius 2 is 2.26 bits per heavy atom. The summed E-state index contributed by atoms with van der Waals surface area (Å²) >= 11 is 6.07. The number of ether oxygens (including phenoxy) is 1. The average molecular weight is 284 g/mol. The van der Waals surface area contributed by atoms with E-state index in [1.807, 2.05) is 13.0 Å². The molecular weight excluding hydrogens is 262 g/mol. The van der Waals surface area contributed by atoms with Crippen LogP contribution < -0.4 is 4.90 Å². The standard InChI is InChI=1S/C14H22ClN3O/c1-4-6-14(10-19-3)7-5-8-18(14)13-9-12(15)16-11(2)17-13/h9H,4-8,10H2,1-3H3. The van der Waals surface area contributed by atoms with E-state index in [0.717, 1.165) is 44.1 Å². The van der Waals surface area contributed by atoms with E-state index in [2.05, 4.69) is 21.8 Å². The third-order valence-electron chi connectivity index (χ3n) is 3.79. The van der Waals surface area contributed by atoms with Crippen LogP contribution in [0.25, 0.3) is 0 Å². The molecule has 1 aliphatic rings. The maximum atomic E-state index is 6.07. The van der Waals surface area contributed by atoms with Crippen LogP contribution in [-0.4, -0.2) is 35.8 Å². The number of rotatable bonds is 5. The monoisotopic (exact) mass is 283 g/mol. The lowest BCUT2D eigenvalue weighted by molar-refractivity contribution is 0.127. The number of hydrogen-bond acceptors (Lipinski definition) is 4. The molecule has 1 atom stereocenters. The summed E-state index contributed by atoms with van der Waals surface area (Å²) in [5, 5.41) is 0.511. The summed E-state index contributed by atoms with van der Waals surface area (Å²) in [6, 6.07) is 1.86. The fourth-order valence-electron chi connectivity index (χ4n) is 3.17. The molecule has 19 heavy (non-hydrogen) atoms. The Morgan fingerprint density at radius 1 is 1.47 bits per heavy atom. The lowest BCUT2D eigenvalue weighted by Crippen LogP contribution is -2.48. The lowest BCUT2D eigenvalue weighted by Gasteiger charge is -2.39. The van der Waals surface area contributed by atoms with Gasteiger partial charge < -0.3 is 9.64 Å². The van der Waals surface area contributed by atoms with Gasteiger partial charge in [-0.15, -0.1) is 0 Å². The Balaban J connectivity index is 2.34. The first-order chi connectivity index (χ1) is 9.11. The van der Waals surface area contributed by atoms with Crippen molar-refractivity contribution < 1.29 is 4.74 Å². The first-order valence-electron chi connectivity index (χ1n) is 6.89. The normalized spacial score (nSPS) is 23.1. The van der Waals surface area contributed by atoms with Gasteiger partial charge in [0, 0.05) is 19.7 Å². The first-order valence-corrected chi connectivity index (χ1v) is 7.27. The molecule has 1 aromatic rings. The summed E-state index contributed by atoms with van der Waals surface area (Å²) < 4.78 is 5.48. The molecule has 1 saturated heterocycles. The molecule has 0 aromatic carbocycles. The van der Waals surface area contributed by atoms with E-state index in [0.29, 0.717) is 5.15 Å². The van der Waals surface area contributed by atoms with Crippen molar-refractivity contribution >= 4 is 17.4 Å². The summed E-state index contributed by atoms with van der Waals surface area (Å²) in [5.74, 6) is 1.65. The van der Waals surface area contributed by atoms with Crippen molar-refractivity contribution in [3.05, 3.63) is 17.0 Å². The van der Waals surface area contributed by atoms with Crippen molar-refractivity contribution in [2.75, 3.05) is 25.2 Å². The quantitative estimate of drug-likeness (QED) is 0.778. The van der Waals surface area contributed by atoms with E-state index in [-0.39, 0.29) is 5.54 Å². The lowest BCUT2D eigenvalue weighted by atomic mass is 9.91. The summed E-state index contributed by atoms with van der Waals surface area (Å²) in [4.78, 5) is 11.1. The van der Waals surface area contributed by atoms with Crippen LogP contribution in [0.5, 0.6) is 0 Å². The average Bonchev–Trinajstić information content (AvgIpc) is 2.72. The fourth-order valence-corrected chi connectivity index (χ4v) is 3.39. The first kappa shape index (κ1) is 14.5. The van der Waals surface area contributed by atoms with Crippen LogP contribution in [-0.2, 0) is 4.74 Å². The van der Waals surface area contributed by atoms with E-state index in [4.69, 9.17) is 16.3 Å². The van der Waals surface area contributed by atoms with Crippen LogP contribution in [0, 0.1) is 6.92 Å². The van der Waals surface area contributed by atoms with Crippen molar-refractivity contribution in [3.8, 4) is 0 Å². The Morgan fingerprint density at radius 3 is 2.89 bits per heavy atom. The van der Waals surface area contributed by atoms with Crippen molar-refractivity contribution in [1.82, 2.24) is 9.97 Å². The van der Waals surface area contributed by atoms with Gasteiger partial charge >= 0.3 is 0 Å². The van der Waals surface area contributed by atoms with Crippen LogP contribution in [0.1, 0.15) is 38.4 Å². The SMILES string of the molecule is CCCC1(COC)CCCN1c1cc(Cl)nc(C)n1. The number of aryl methyl sites for hydroxylation is 1. The molecule has 5 heteroatoms. The topological polar surface area (TPSA) is 38.2 Å². The number of nitrogens with zero attached hydrogens (tertiary/aromatic N) is 3. The number of aromatic nitrogens is 2. The van der Waals surface area contributed by atoms with Gasteiger partial charge in [0.2, 0.25) is 0 Å². The zero-order valence-electron chi connectivity index (χ0n) is 11.9. The van der Waals surface area contributed by atoms with Gasteiger partial charge in [-0.05, 0) is 26.2 Å². The Hall–Kier alpha value is -0.870. The van der Waals surface area contributed by atoms with Gasteiger partial charge in [0.15, 0.2) is 0 Å². The van der Waals surface area contributed by atoms with Gasteiger partial charge in [-0.1, -0.05) is 24.9 Å². The molecule has 4 nitrogen and oxygen atoms in total. The van der Waals surface area contributed by atoms with E-state index < -0.39 is 0 Å². The maximum Gasteiger partial charge on any atom is 0.134 e. The molecular formula is C14H22ClN3O. The number of anilines is 1. The molecule has 0 saturated carbocycles. The molecule has 106 valence electrons. The van der Waals surface area contributed by atoms with Gasteiger partial charge in [-0.3, -0.25) is 0 Å². The number of halogens is 1. The highest BCUT2D eigenvalue weighted by Crippen LogP contribution is 2.37. The zero-order valence-corrected chi connectivity index (χ0v) is 12.7. The highest BCUT2D eigenvalue weighted by atomic mass is 35.5. The predicted molar refractivity (Wildman–Crippen MR) is 77.9 cm³/mol. The second kappa shape index (κ2) is 6.06. The molecule has 2 heterocycles. The number of methoxy groups -OCH3 is 1. The molecule has 1 fully saturated rings. The zero-order chi connectivity index (χ0) is 13.9. The smallest absolute Gasteiger partial charge is 0.134 e. The molecule has 0 amide bonds. The van der Waals surface area contributed by atoms with Crippen molar-refractivity contribution in [2.24, 2.45) is 0 Å². The van der Waals surface area contributed by atoms with Gasteiger partial charge in [-0.2, -0.15) is 0 Å². The van der Waals surface area contributed by atoms with Gasteiger partial charge in [0.05, 0.1) is 12.1 Å². The maximum absolute atomic E-state index is 6.07. The van der Waals surface area contributed by atoms with Gasteiger partial charge in [0.25, 0.3) is 0 Å². The molecule has 2 rings (SSSR count). The summed E-state index contributed by atoms with van der Waals surface area (Å²) in [5.41, 5.74) is 0.0631. The van der Waals surface area contributed by atoms with Crippen molar-refractivity contribution in [1.29, 1.82) is 0 Å². The second-order valence-corrected chi connectivity index (χ2v) is 5.65. The minimum atomic E-state index is 0.0631. The Bertz CT molecular complexity index is 412. The molecule has 0 bridgehead atoms. The fraction of sp³-hybridized carbons (Fsp3) is 0.714. The van der Waals surface area contributed by atoms with E-state index in [9.17, 15) is 0 Å². The molecule has 1 aromatic heterocycles. The van der Waals surface area contributed by atoms with Crippen LogP contribution in [0.2, 0.25) is 5.15 Å². The van der Waals surface area contributed by atoms with Crippen molar-refractivity contribution in [3.63, 3.8) is 0 Å². The summed E-state index contributed by atoms with van der Waals surface area (Å²) in [6.07, 6.45) is 4.57. The van der Waals surface area contributed by atoms with Crippen LogP contribution in [0.3, 0.4) is 0 Å². The second-order valence-electron chi connectivity index (χ2n) is 5.26. The predicted octanol–water partition coefficient (Wildman–Crippen LogP) is 3.22. The van der Waals surface area contributed by atoms with Crippen molar-refractivity contribution in [2.45, 2.75) is 45.1 Å². The van der Waals surface area contributed by atoms with Crippen LogP contribution >= 0.6 is 11.6 Å². The molecule has 1 aliphatic heterocycles. The minimum Gasteiger partial charge on any atom is -0.382 e.